The normalized spacial score (nSPS) is 19.3. The Labute approximate surface area is 137 Å². The molecule has 0 radical (unpaired) electrons. The van der Waals surface area contributed by atoms with E-state index in [1.165, 1.54) is 18.4 Å². The second-order valence-corrected chi connectivity index (χ2v) is 6.82. The molecule has 0 aliphatic carbocycles. The molecule has 1 unspecified atom stereocenters. The van der Waals surface area contributed by atoms with Crippen molar-refractivity contribution in [3.8, 4) is 0 Å². The minimum absolute atomic E-state index is 0.0198. The van der Waals surface area contributed by atoms with Crippen LogP contribution in [0.3, 0.4) is 0 Å². The number of fused-ring (bicyclic) bond motifs is 1. The van der Waals surface area contributed by atoms with Crippen LogP contribution < -0.4 is 4.90 Å². The first-order valence-electron chi connectivity index (χ1n) is 7.96. The van der Waals surface area contributed by atoms with E-state index in [9.17, 15) is 4.79 Å². The number of carbonyl (C=O) groups is 1. The minimum atomic E-state index is -0.442. The Morgan fingerprint density at radius 1 is 1.30 bits per heavy atom. The lowest BCUT2D eigenvalue weighted by molar-refractivity contribution is 0.0563. The number of hydrogen-bond donors (Lipinski definition) is 0. The lowest BCUT2D eigenvalue weighted by Crippen LogP contribution is -2.47. The van der Waals surface area contributed by atoms with Gasteiger partial charge in [-0.05, 0) is 49.9 Å². The number of para-hydroxylation sites is 1. The summed E-state index contributed by atoms with van der Waals surface area (Å²) in [5.41, 5.74) is 2.63. The Morgan fingerprint density at radius 3 is 2.78 bits per heavy atom. The summed E-state index contributed by atoms with van der Waals surface area (Å²) in [5.74, 6) is 1.10. The van der Waals surface area contributed by atoms with E-state index in [1.807, 2.05) is 6.07 Å². The molecular weight excluding hydrogens is 290 g/mol. The lowest BCUT2D eigenvalue weighted by atomic mass is 9.80. The average Bonchev–Trinajstić information content (AvgIpc) is 2.99. The fraction of sp³-hybridized carbons (Fsp3) is 0.421. The fourth-order valence-corrected chi connectivity index (χ4v) is 3.57. The van der Waals surface area contributed by atoms with Crippen LogP contribution in [0, 0.1) is 0 Å². The zero-order valence-electron chi connectivity index (χ0n) is 14.1. The first-order valence-corrected chi connectivity index (χ1v) is 7.96. The van der Waals surface area contributed by atoms with E-state index >= 15 is 0 Å². The number of nitrogens with zero attached hydrogens (tertiary/aromatic N) is 1. The van der Waals surface area contributed by atoms with Gasteiger partial charge in [0.25, 0.3) is 0 Å². The highest BCUT2D eigenvalue weighted by atomic mass is 16.5. The summed E-state index contributed by atoms with van der Waals surface area (Å²) in [4.78, 5) is 13.9. The van der Waals surface area contributed by atoms with Gasteiger partial charge in [0, 0.05) is 11.2 Å². The van der Waals surface area contributed by atoms with Crippen molar-refractivity contribution in [2.45, 2.75) is 45.2 Å². The average molecular weight is 313 g/mol. The molecule has 122 valence electrons. The predicted octanol–water partition coefficient (Wildman–Crippen LogP) is 4.36. The molecule has 4 nitrogen and oxygen atoms in total. The molecule has 0 amide bonds. The highest BCUT2D eigenvalue weighted by molar-refractivity contribution is 5.86. The van der Waals surface area contributed by atoms with Crippen LogP contribution in [0.25, 0.3) is 0 Å². The molecule has 2 heterocycles. The maximum atomic E-state index is 11.6. The van der Waals surface area contributed by atoms with Crippen LogP contribution in [-0.2, 0) is 11.3 Å². The van der Waals surface area contributed by atoms with Gasteiger partial charge in [0.05, 0.1) is 13.7 Å². The second kappa shape index (κ2) is 5.76. The van der Waals surface area contributed by atoms with Crippen molar-refractivity contribution in [1.82, 2.24) is 0 Å². The van der Waals surface area contributed by atoms with Gasteiger partial charge in [-0.1, -0.05) is 25.1 Å². The Bertz CT molecular complexity index is 717. The molecule has 1 atom stereocenters. The first kappa shape index (κ1) is 15.7. The largest absolute Gasteiger partial charge is 0.463 e. The second-order valence-electron chi connectivity index (χ2n) is 6.82. The van der Waals surface area contributed by atoms with Crippen molar-refractivity contribution >= 4 is 11.7 Å². The maximum absolute atomic E-state index is 11.6. The summed E-state index contributed by atoms with van der Waals surface area (Å²) in [6.45, 7) is 7.42. The molecule has 0 saturated heterocycles. The van der Waals surface area contributed by atoms with Crippen molar-refractivity contribution in [2.75, 3.05) is 12.0 Å². The van der Waals surface area contributed by atoms with Crippen LogP contribution in [-0.4, -0.2) is 18.6 Å². The highest BCUT2D eigenvalue weighted by Gasteiger charge is 2.36. The van der Waals surface area contributed by atoms with Gasteiger partial charge in [-0.2, -0.15) is 0 Å². The topological polar surface area (TPSA) is 42.7 Å². The van der Waals surface area contributed by atoms with Crippen LogP contribution in [0.1, 0.15) is 55.0 Å². The summed E-state index contributed by atoms with van der Waals surface area (Å²) in [7, 11) is 1.36. The van der Waals surface area contributed by atoms with Crippen molar-refractivity contribution < 1.29 is 13.9 Å². The van der Waals surface area contributed by atoms with Gasteiger partial charge in [-0.25, -0.2) is 4.79 Å². The summed E-state index contributed by atoms with van der Waals surface area (Å²) < 4.78 is 10.4. The van der Waals surface area contributed by atoms with Gasteiger partial charge in [-0.3, -0.25) is 0 Å². The number of rotatable bonds is 3. The summed E-state index contributed by atoms with van der Waals surface area (Å²) in [6.07, 6.45) is 1.08. The van der Waals surface area contributed by atoms with E-state index < -0.39 is 5.97 Å². The Morgan fingerprint density at radius 2 is 2.04 bits per heavy atom. The van der Waals surface area contributed by atoms with E-state index in [1.54, 1.807) is 6.07 Å². The Kier molecular flexibility index (Phi) is 3.92. The van der Waals surface area contributed by atoms with E-state index in [0.29, 0.717) is 12.5 Å². The van der Waals surface area contributed by atoms with Crippen LogP contribution in [0.15, 0.2) is 40.8 Å². The van der Waals surface area contributed by atoms with E-state index in [0.717, 1.165) is 12.2 Å². The van der Waals surface area contributed by atoms with Crippen molar-refractivity contribution in [3.63, 3.8) is 0 Å². The molecule has 1 aromatic heterocycles. The number of ether oxygens (including phenoxy) is 1. The fourth-order valence-electron chi connectivity index (χ4n) is 3.57. The Balaban J connectivity index is 1.93. The number of benzene rings is 1. The van der Waals surface area contributed by atoms with E-state index in [-0.39, 0.29) is 11.3 Å². The van der Waals surface area contributed by atoms with Crippen molar-refractivity contribution in [1.29, 1.82) is 0 Å². The zero-order chi connectivity index (χ0) is 16.6. The number of carbonyl (C=O) groups excluding carboxylic acids is 1. The molecule has 1 aromatic carbocycles. The quantitative estimate of drug-likeness (QED) is 0.790. The summed E-state index contributed by atoms with van der Waals surface area (Å²) >= 11 is 0. The van der Waals surface area contributed by atoms with Gasteiger partial charge in [0.1, 0.15) is 5.76 Å². The molecule has 1 aliphatic heterocycles. The van der Waals surface area contributed by atoms with Gasteiger partial charge in [0.15, 0.2) is 0 Å². The predicted molar refractivity (Wildman–Crippen MR) is 89.8 cm³/mol. The molecule has 0 bridgehead atoms. The van der Waals surface area contributed by atoms with Gasteiger partial charge < -0.3 is 14.1 Å². The number of methoxy groups -OCH3 is 1. The number of anilines is 1. The van der Waals surface area contributed by atoms with Gasteiger partial charge >= 0.3 is 5.97 Å². The molecule has 0 N–H and O–H groups in total. The minimum Gasteiger partial charge on any atom is -0.463 e. The molecule has 23 heavy (non-hydrogen) atoms. The number of esters is 1. The third-order valence-electron chi connectivity index (χ3n) is 4.66. The maximum Gasteiger partial charge on any atom is 0.373 e. The monoisotopic (exact) mass is 313 g/mol. The van der Waals surface area contributed by atoms with Gasteiger partial charge in [-0.15, -0.1) is 0 Å². The molecule has 3 rings (SSSR count). The van der Waals surface area contributed by atoms with Crippen LogP contribution in [0.5, 0.6) is 0 Å². The zero-order valence-corrected chi connectivity index (χ0v) is 14.1. The van der Waals surface area contributed by atoms with Crippen LogP contribution >= 0.6 is 0 Å². The molecule has 4 heteroatoms. The van der Waals surface area contributed by atoms with Gasteiger partial charge in [0.2, 0.25) is 5.76 Å². The smallest absolute Gasteiger partial charge is 0.373 e. The van der Waals surface area contributed by atoms with E-state index in [4.69, 9.17) is 9.15 Å². The number of furan rings is 1. The molecule has 0 spiro atoms. The molecule has 1 aliphatic rings. The molecule has 0 saturated carbocycles. The van der Waals surface area contributed by atoms with Crippen LogP contribution in [0.2, 0.25) is 0 Å². The van der Waals surface area contributed by atoms with E-state index in [2.05, 4.69) is 49.9 Å². The highest BCUT2D eigenvalue weighted by Crippen LogP contribution is 2.43. The standard InChI is InChI=1S/C19H23NO3/c1-13-11-19(2,3)20(16-8-6-5-7-15(13)16)12-14-9-10-17(23-14)18(21)22-4/h5-10,13H,11-12H2,1-4H3. The van der Waals surface area contributed by atoms with Crippen LogP contribution in [0.4, 0.5) is 5.69 Å². The lowest BCUT2D eigenvalue weighted by Gasteiger charge is -2.47. The third-order valence-corrected chi connectivity index (χ3v) is 4.66. The number of hydrogen-bond acceptors (Lipinski definition) is 4. The molecule has 0 fully saturated rings. The summed E-state index contributed by atoms with van der Waals surface area (Å²) in [5, 5.41) is 0. The summed E-state index contributed by atoms with van der Waals surface area (Å²) in [6, 6.07) is 12.0. The third kappa shape index (κ3) is 2.85. The first-order chi connectivity index (χ1) is 10.9. The molecular formula is C19H23NO3. The van der Waals surface area contributed by atoms with Crippen molar-refractivity contribution in [3.05, 3.63) is 53.5 Å². The SMILES string of the molecule is COC(=O)c1ccc(CN2c3ccccc3C(C)CC2(C)C)o1. The molecule has 2 aromatic rings. The van der Waals surface area contributed by atoms with Crippen molar-refractivity contribution in [2.24, 2.45) is 0 Å². The Hall–Kier alpha value is -2.23.